The Bertz CT molecular complexity index is 1990. The fraction of sp³-hybridized carbons (Fsp3) is 0.188. The van der Waals surface area contributed by atoms with Crippen molar-refractivity contribution >= 4 is 43.2 Å². The van der Waals surface area contributed by atoms with Crippen LogP contribution < -0.4 is 0 Å². The molecule has 2 heterocycles. The van der Waals surface area contributed by atoms with E-state index in [2.05, 4.69) is 4.85 Å². The Morgan fingerprint density at radius 2 is 1.73 bits per heavy atom. The molecule has 0 saturated heterocycles. The van der Waals surface area contributed by atoms with Crippen molar-refractivity contribution in [2.24, 2.45) is 5.41 Å². The smallest absolute Gasteiger partial charge is 0.309 e. The zero-order chi connectivity index (χ0) is 27.9. The van der Waals surface area contributed by atoms with E-state index in [1.165, 1.54) is 15.3 Å². The molecule has 0 unspecified atom stereocenters. The lowest BCUT2D eigenvalue weighted by Crippen LogP contribution is -2.67. The van der Waals surface area contributed by atoms with E-state index >= 15 is 0 Å². The Kier molecular flexibility index (Phi) is 5.22. The number of carbonyl (C=O) groups is 1. The average Bonchev–Trinajstić information content (AvgIpc) is 3.49. The number of nitrogens with zero attached hydrogens (tertiary/aromatic N) is 2. The van der Waals surface area contributed by atoms with Gasteiger partial charge in [-0.3, -0.25) is 4.79 Å². The number of thiophene rings is 1. The molecule has 0 amide bonds. The third-order valence-corrected chi connectivity index (χ3v) is 11.2. The zero-order valence-electron chi connectivity index (χ0n) is 21.6. The van der Waals surface area contributed by atoms with Crippen LogP contribution in [0.5, 0.6) is 0 Å². The highest BCUT2D eigenvalue weighted by Crippen LogP contribution is 2.73. The molecule has 0 aliphatic heterocycles. The van der Waals surface area contributed by atoms with E-state index in [1.807, 2.05) is 60.8 Å². The number of rotatable bonds is 6. The summed E-state index contributed by atoms with van der Waals surface area (Å²) in [6, 6.07) is 24.0. The molecular formula is C32H24N2O4S2. The second kappa shape index (κ2) is 8.40. The van der Waals surface area contributed by atoms with Gasteiger partial charge >= 0.3 is 5.97 Å². The Labute approximate surface area is 236 Å². The van der Waals surface area contributed by atoms with E-state index < -0.39 is 21.4 Å². The normalized spacial score (nSPS) is 21.4. The van der Waals surface area contributed by atoms with Gasteiger partial charge < -0.3 is 5.11 Å². The molecule has 3 saturated carbocycles. The predicted octanol–water partition coefficient (Wildman–Crippen LogP) is 7.64. The molecule has 5 aromatic rings. The van der Waals surface area contributed by atoms with Crippen molar-refractivity contribution in [2.75, 3.05) is 0 Å². The van der Waals surface area contributed by atoms with Gasteiger partial charge in [0.1, 0.15) is 0 Å². The summed E-state index contributed by atoms with van der Waals surface area (Å²) >= 11 is 1.33. The summed E-state index contributed by atoms with van der Waals surface area (Å²) in [7, 11) is -4.04. The maximum atomic E-state index is 14.4. The molecule has 2 bridgehead atoms. The summed E-state index contributed by atoms with van der Waals surface area (Å²) in [4.78, 5) is 15.7. The van der Waals surface area contributed by atoms with Crippen molar-refractivity contribution in [3.8, 4) is 22.4 Å². The highest BCUT2D eigenvalue weighted by molar-refractivity contribution is 7.90. The lowest BCUT2D eigenvalue weighted by molar-refractivity contribution is -0.194. The maximum Gasteiger partial charge on any atom is 0.309 e. The fourth-order valence-electron chi connectivity index (χ4n) is 6.71. The van der Waals surface area contributed by atoms with Crippen LogP contribution in [0, 0.1) is 18.9 Å². The number of aromatic nitrogens is 1. The van der Waals surface area contributed by atoms with E-state index in [0.717, 1.165) is 22.1 Å². The van der Waals surface area contributed by atoms with Crippen molar-refractivity contribution in [3.63, 3.8) is 0 Å². The van der Waals surface area contributed by atoms with Gasteiger partial charge in [-0.1, -0.05) is 60.2 Å². The van der Waals surface area contributed by atoms with Crippen LogP contribution in [0.3, 0.4) is 0 Å². The van der Waals surface area contributed by atoms with E-state index in [-0.39, 0.29) is 10.3 Å². The van der Waals surface area contributed by atoms with Crippen LogP contribution in [0.1, 0.15) is 30.4 Å². The summed E-state index contributed by atoms with van der Waals surface area (Å²) in [6.07, 6.45) is 1.80. The monoisotopic (exact) mass is 564 g/mol. The Hall–Kier alpha value is -4.19. The molecule has 0 atom stereocenters. The lowest BCUT2D eigenvalue weighted by atomic mass is 9.33. The van der Waals surface area contributed by atoms with Gasteiger partial charge in [-0.15, -0.1) is 0 Å². The maximum absolute atomic E-state index is 14.4. The summed E-state index contributed by atoms with van der Waals surface area (Å²) in [5, 5.41) is 12.8. The number of fused-ring (bicyclic) bond motifs is 1. The lowest BCUT2D eigenvalue weighted by Gasteiger charge is -2.68. The molecule has 6 nitrogen and oxygen atoms in total. The van der Waals surface area contributed by atoms with Crippen molar-refractivity contribution in [3.05, 3.63) is 107 Å². The molecule has 8 rings (SSSR count). The van der Waals surface area contributed by atoms with E-state index in [0.29, 0.717) is 46.6 Å². The van der Waals surface area contributed by atoms with Crippen molar-refractivity contribution in [1.82, 2.24) is 3.97 Å². The second-order valence-electron chi connectivity index (χ2n) is 11.1. The Morgan fingerprint density at radius 3 is 2.42 bits per heavy atom. The van der Waals surface area contributed by atoms with E-state index in [4.69, 9.17) is 6.57 Å². The first kappa shape index (κ1) is 24.8. The quantitative estimate of drug-likeness (QED) is 0.215. The fourth-order valence-corrected chi connectivity index (χ4v) is 8.94. The van der Waals surface area contributed by atoms with Crippen molar-refractivity contribution in [2.45, 2.75) is 36.5 Å². The molecule has 0 spiro atoms. The van der Waals surface area contributed by atoms with Crippen molar-refractivity contribution < 1.29 is 18.3 Å². The van der Waals surface area contributed by atoms with Crippen LogP contribution in [-0.4, -0.2) is 23.5 Å². The van der Waals surface area contributed by atoms with Gasteiger partial charge in [0.25, 0.3) is 10.0 Å². The summed E-state index contributed by atoms with van der Waals surface area (Å²) < 4.78 is 30.2. The van der Waals surface area contributed by atoms with Crippen LogP contribution >= 0.6 is 11.3 Å². The van der Waals surface area contributed by atoms with Crippen LogP contribution in [0.25, 0.3) is 38.1 Å². The molecule has 8 heteroatoms. The van der Waals surface area contributed by atoms with Gasteiger partial charge in [-0.05, 0) is 66.8 Å². The van der Waals surface area contributed by atoms with Crippen LogP contribution in [0.4, 0.5) is 5.00 Å². The first-order valence-electron chi connectivity index (χ1n) is 12.9. The molecule has 3 aliphatic rings. The van der Waals surface area contributed by atoms with Gasteiger partial charge in [0.05, 0.1) is 28.1 Å². The number of aryl methyl sites for hydroxylation is 1. The number of carboxylic acids is 1. The number of benzene rings is 3. The third-order valence-electron chi connectivity index (χ3n) is 8.64. The van der Waals surface area contributed by atoms with Crippen LogP contribution in [0.15, 0.2) is 89.1 Å². The summed E-state index contributed by atoms with van der Waals surface area (Å²) in [6.45, 7) is 9.70. The molecule has 2 aromatic heterocycles. The average molecular weight is 565 g/mol. The number of hydrogen-bond acceptors (Lipinski definition) is 4. The van der Waals surface area contributed by atoms with Gasteiger partial charge in [-0.25, -0.2) is 17.2 Å². The molecule has 198 valence electrons. The Balaban J connectivity index is 1.52. The molecule has 40 heavy (non-hydrogen) atoms. The first-order valence-corrected chi connectivity index (χ1v) is 15.3. The summed E-state index contributed by atoms with van der Waals surface area (Å²) in [5.74, 6) is -0.735. The first-order chi connectivity index (χ1) is 19.2. The minimum atomic E-state index is -4.04. The zero-order valence-corrected chi connectivity index (χ0v) is 23.2. The standard InChI is InChI=1S/C32H24N2O4S2/c1-20-10-12-23(13-11-20)40(37,38)34-26-9-4-3-8-24(26)27(25-14-15-39-29(25)33-2)28(34)21-6-5-7-22(16-21)31-17-32(18-31,19-31)30(35)36/h3-16H,17-19H2,1H3,(H,35,36). The number of hydrogen-bond donors (Lipinski definition) is 1. The Morgan fingerprint density at radius 1 is 1.00 bits per heavy atom. The van der Waals surface area contributed by atoms with E-state index in [1.54, 1.807) is 30.3 Å². The van der Waals surface area contributed by atoms with Crippen LogP contribution in [-0.2, 0) is 20.2 Å². The largest absolute Gasteiger partial charge is 0.481 e. The molecule has 1 N–H and O–H groups in total. The van der Waals surface area contributed by atoms with Gasteiger partial charge in [0.15, 0.2) is 0 Å². The molecular weight excluding hydrogens is 540 g/mol. The van der Waals surface area contributed by atoms with Crippen molar-refractivity contribution in [1.29, 1.82) is 0 Å². The minimum absolute atomic E-state index is 0.182. The van der Waals surface area contributed by atoms with E-state index in [9.17, 15) is 18.3 Å². The van der Waals surface area contributed by atoms with Gasteiger partial charge in [-0.2, -0.15) is 11.3 Å². The van der Waals surface area contributed by atoms with Gasteiger partial charge in [0.2, 0.25) is 5.00 Å². The SMILES string of the molecule is [C-]#[N+]c1sccc1-c1c(-c2cccc(C34CC(C(=O)O)(C3)C4)c2)n(S(=O)(=O)c2ccc(C)cc2)c2ccccc12. The highest BCUT2D eigenvalue weighted by atomic mass is 32.2. The third kappa shape index (κ3) is 3.31. The summed E-state index contributed by atoms with van der Waals surface area (Å²) in [5.41, 5.74) is 4.34. The topological polar surface area (TPSA) is 80.7 Å². The number of carboxylic acid groups (broad SMARTS) is 1. The molecule has 3 aliphatic carbocycles. The minimum Gasteiger partial charge on any atom is -0.481 e. The number of aliphatic carboxylic acids is 1. The number of para-hydroxylation sites is 1. The van der Waals surface area contributed by atoms with Gasteiger partial charge in [0, 0.05) is 22.1 Å². The molecule has 3 aromatic carbocycles. The highest BCUT2D eigenvalue weighted by Gasteiger charge is 2.72. The van der Waals surface area contributed by atoms with Crippen LogP contribution in [0.2, 0.25) is 0 Å². The second-order valence-corrected chi connectivity index (χ2v) is 13.7. The molecule has 3 fully saturated rings. The predicted molar refractivity (Wildman–Crippen MR) is 156 cm³/mol. The molecule has 0 radical (unpaired) electrons.